The molecule has 94 valence electrons. The molecule has 3 nitrogen and oxygen atoms in total. The van der Waals surface area contributed by atoms with Crippen molar-refractivity contribution >= 4 is 11.6 Å². The highest BCUT2D eigenvalue weighted by molar-refractivity contribution is 5.78. The lowest BCUT2D eigenvalue weighted by Gasteiger charge is -2.07. The van der Waals surface area contributed by atoms with E-state index in [2.05, 4.69) is 17.6 Å². The van der Waals surface area contributed by atoms with E-state index in [0.717, 1.165) is 17.8 Å². The Balaban J connectivity index is 2.36. The van der Waals surface area contributed by atoms with E-state index in [1.54, 1.807) is 7.05 Å². The van der Waals surface area contributed by atoms with Crippen molar-refractivity contribution in [3.8, 4) is 0 Å². The number of benzene rings is 1. The maximum absolute atomic E-state index is 11.2. The minimum absolute atomic E-state index is 0.0497. The summed E-state index contributed by atoms with van der Waals surface area (Å²) in [5.74, 6) is 0.0497. The quantitative estimate of drug-likeness (QED) is 0.712. The first kappa shape index (κ1) is 13.6. The van der Waals surface area contributed by atoms with Gasteiger partial charge < -0.3 is 10.6 Å². The Labute approximate surface area is 104 Å². The SMILES string of the molecule is CCCCCNc1ccc(CC(=O)NC)cc1. The van der Waals surface area contributed by atoms with Crippen molar-refractivity contribution in [3.63, 3.8) is 0 Å². The number of hydrogen-bond acceptors (Lipinski definition) is 2. The summed E-state index contributed by atoms with van der Waals surface area (Å²) in [4.78, 5) is 11.2. The van der Waals surface area contributed by atoms with E-state index >= 15 is 0 Å². The lowest BCUT2D eigenvalue weighted by atomic mass is 10.1. The molecule has 1 aromatic rings. The van der Waals surface area contributed by atoms with Crippen LogP contribution in [0.1, 0.15) is 31.7 Å². The smallest absolute Gasteiger partial charge is 0.224 e. The molecule has 1 rings (SSSR count). The number of anilines is 1. The molecule has 0 unspecified atom stereocenters. The Bertz CT molecular complexity index is 333. The number of amides is 1. The van der Waals surface area contributed by atoms with E-state index in [-0.39, 0.29) is 5.91 Å². The van der Waals surface area contributed by atoms with Gasteiger partial charge in [0.25, 0.3) is 0 Å². The van der Waals surface area contributed by atoms with Crippen molar-refractivity contribution in [2.24, 2.45) is 0 Å². The average molecular weight is 234 g/mol. The molecule has 0 aromatic heterocycles. The molecule has 0 aliphatic heterocycles. The van der Waals surface area contributed by atoms with Crippen molar-refractivity contribution in [1.82, 2.24) is 5.32 Å². The van der Waals surface area contributed by atoms with Gasteiger partial charge in [0.05, 0.1) is 6.42 Å². The van der Waals surface area contributed by atoms with Gasteiger partial charge in [0.15, 0.2) is 0 Å². The topological polar surface area (TPSA) is 41.1 Å². The van der Waals surface area contributed by atoms with E-state index in [0.29, 0.717) is 6.42 Å². The molecule has 17 heavy (non-hydrogen) atoms. The summed E-state index contributed by atoms with van der Waals surface area (Å²) < 4.78 is 0. The third-order valence-corrected chi connectivity index (χ3v) is 2.71. The molecule has 0 spiro atoms. The highest BCUT2D eigenvalue weighted by atomic mass is 16.1. The van der Waals surface area contributed by atoms with Crippen LogP contribution in [-0.2, 0) is 11.2 Å². The average Bonchev–Trinajstić information content (AvgIpc) is 2.36. The molecule has 0 aliphatic carbocycles. The zero-order valence-electron chi connectivity index (χ0n) is 10.8. The fraction of sp³-hybridized carbons (Fsp3) is 0.500. The monoisotopic (exact) mass is 234 g/mol. The molecular formula is C14H22N2O. The van der Waals surface area contributed by atoms with Crippen molar-refractivity contribution < 1.29 is 4.79 Å². The van der Waals surface area contributed by atoms with Crippen LogP contribution in [0.15, 0.2) is 24.3 Å². The van der Waals surface area contributed by atoms with Crippen LogP contribution in [0, 0.1) is 0 Å². The van der Waals surface area contributed by atoms with E-state index in [1.165, 1.54) is 19.3 Å². The third kappa shape index (κ3) is 5.38. The van der Waals surface area contributed by atoms with E-state index in [4.69, 9.17) is 0 Å². The lowest BCUT2D eigenvalue weighted by Crippen LogP contribution is -2.19. The van der Waals surface area contributed by atoms with Crippen LogP contribution >= 0.6 is 0 Å². The lowest BCUT2D eigenvalue weighted by molar-refractivity contribution is -0.119. The molecule has 0 saturated carbocycles. The molecule has 0 atom stereocenters. The first-order valence-electron chi connectivity index (χ1n) is 6.29. The fourth-order valence-electron chi connectivity index (χ4n) is 1.62. The van der Waals surface area contributed by atoms with Crippen molar-refractivity contribution in [2.45, 2.75) is 32.6 Å². The predicted molar refractivity (Wildman–Crippen MR) is 72.2 cm³/mol. The first-order chi connectivity index (χ1) is 8.26. The predicted octanol–water partition coefficient (Wildman–Crippen LogP) is 2.58. The Morgan fingerprint density at radius 3 is 2.47 bits per heavy atom. The maximum Gasteiger partial charge on any atom is 0.224 e. The number of unbranched alkanes of at least 4 members (excludes halogenated alkanes) is 2. The van der Waals surface area contributed by atoms with Crippen LogP contribution in [0.2, 0.25) is 0 Å². The van der Waals surface area contributed by atoms with Crippen molar-refractivity contribution in [1.29, 1.82) is 0 Å². The Kier molecular flexibility index (Phi) is 6.15. The van der Waals surface area contributed by atoms with Crippen LogP contribution in [0.5, 0.6) is 0 Å². The van der Waals surface area contributed by atoms with Crippen LogP contribution in [-0.4, -0.2) is 19.5 Å². The standard InChI is InChI=1S/C14H22N2O/c1-3-4-5-10-16-13-8-6-12(7-9-13)11-14(17)15-2/h6-9,16H,3-5,10-11H2,1-2H3,(H,15,17). The largest absolute Gasteiger partial charge is 0.385 e. The zero-order chi connectivity index (χ0) is 12.5. The van der Waals surface area contributed by atoms with Gasteiger partial charge in [-0.2, -0.15) is 0 Å². The van der Waals surface area contributed by atoms with Crippen LogP contribution in [0.4, 0.5) is 5.69 Å². The number of carbonyl (C=O) groups is 1. The van der Waals surface area contributed by atoms with Crippen molar-refractivity contribution in [2.75, 3.05) is 18.9 Å². The van der Waals surface area contributed by atoms with E-state index in [9.17, 15) is 4.79 Å². The van der Waals surface area contributed by atoms with Gasteiger partial charge in [-0.05, 0) is 24.1 Å². The molecule has 0 aliphatic rings. The summed E-state index contributed by atoms with van der Waals surface area (Å²) in [5, 5.41) is 6.00. The Morgan fingerprint density at radius 2 is 1.88 bits per heavy atom. The van der Waals surface area contributed by atoms with Gasteiger partial charge in [-0.15, -0.1) is 0 Å². The molecule has 2 N–H and O–H groups in total. The minimum Gasteiger partial charge on any atom is -0.385 e. The summed E-state index contributed by atoms with van der Waals surface area (Å²) in [6.07, 6.45) is 4.16. The summed E-state index contributed by atoms with van der Waals surface area (Å²) >= 11 is 0. The normalized spacial score (nSPS) is 10.0. The van der Waals surface area contributed by atoms with Crippen LogP contribution < -0.4 is 10.6 Å². The molecule has 0 radical (unpaired) electrons. The third-order valence-electron chi connectivity index (χ3n) is 2.71. The molecular weight excluding hydrogens is 212 g/mol. The van der Waals surface area contributed by atoms with Gasteiger partial charge in [0.2, 0.25) is 5.91 Å². The van der Waals surface area contributed by atoms with Gasteiger partial charge in [0, 0.05) is 19.3 Å². The zero-order valence-corrected chi connectivity index (χ0v) is 10.8. The van der Waals surface area contributed by atoms with Crippen LogP contribution in [0.3, 0.4) is 0 Å². The second kappa shape index (κ2) is 7.71. The van der Waals surface area contributed by atoms with Crippen LogP contribution in [0.25, 0.3) is 0 Å². The molecule has 3 heteroatoms. The Hall–Kier alpha value is -1.51. The highest BCUT2D eigenvalue weighted by Crippen LogP contribution is 2.10. The Morgan fingerprint density at radius 1 is 1.18 bits per heavy atom. The van der Waals surface area contributed by atoms with Gasteiger partial charge in [-0.25, -0.2) is 0 Å². The van der Waals surface area contributed by atoms with Gasteiger partial charge in [0.1, 0.15) is 0 Å². The van der Waals surface area contributed by atoms with Gasteiger partial charge in [-0.3, -0.25) is 4.79 Å². The van der Waals surface area contributed by atoms with E-state index in [1.807, 2.05) is 24.3 Å². The number of likely N-dealkylation sites (N-methyl/N-ethyl adjacent to an activating group) is 1. The van der Waals surface area contributed by atoms with Gasteiger partial charge in [-0.1, -0.05) is 31.9 Å². The number of hydrogen-bond donors (Lipinski definition) is 2. The fourth-order valence-corrected chi connectivity index (χ4v) is 1.62. The minimum atomic E-state index is 0.0497. The molecule has 0 saturated heterocycles. The summed E-state index contributed by atoms with van der Waals surface area (Å²) in [7, 11) is 1.66. The summed E-state index contributed by atoms with van der Waals surface area (Å²) in [5.41, 5.74) is 2.17. The number of nitrogens with one attached hydrogen (secondary N) is 2. The molecule has 0 bridgehead atoms. The second-order valence-corrected chi connectivity index (χ2v) is 4.18. The molecule has 1 amide bonds. The van der Waals surface area contributed by atoms with Crippen molar-refractivity contribution in [3.05, 3.63) is 29.8 Å². The summed E-state index contributed by atoms with van der Waals surface area (Å²) in [6.45, 7) is 3.22. The molecule has 1 aromatic carbocycles. The number of carbonyl (C=O) groups excluding carboxylic acids is 1. The molecule has 0 fully saturated rings. The van der Waals surface area contributed by atoms with Gasteiger partial charge >= 0.3 is 0 Å². The first-order valence-corrected chi connectivity index (χ1v) is 6.29. The van der Waals surface area contributed by atoms with E-state index < -0.39 is 0 Å². The maximum atomic E-state index is 11.2. The highest BCUT2D eigenvalue weighted by Gasteiger charge is 2.00. The molecule has 0 heterocycles. The number of rotatable bonds is 7. The second-order valence-electron chi connectivity index (χ2n) is 4.18. The summed E-state index contributed by atoms with van der Waals surface area (Å²) in [6, 6.07) is 8.06.